The predicted molar refractivity (Wildman–Crippen MR) is 84.9 cm³/mol. The van der Waals surface area contributed by atoms with Gasteiger partial charge in [-0.05, 0) is 31.9 Å². The maximum Gasteiger partial charge on any atom is 0.264 e. The van der Waals surface area contributed by atoms with E-state index in [-0.39, 0.29) is 12.5 Å². The van der Waals surface area contributed by atoms with Gasteiger partial charge in [-0.15, -0.1) is 5.01 Å². The Morgan fingerprint density at radius 1 is 1.36 bits per heavy atom. The summed E-state index contributed by atoms with van der Waals surface area (Å²) >= 11 is 0. The van der Waals surface area contributed by atoms with Crippen LogP contribution in [-0.4, -0.2) is 57.7 Å². The minimum Gasteiger partial charge on any atom is -0.569 e. The zero-order valence-electron chi connectivity index (χ0n) is 13.9. The number of piperidine rings is 1. The van der Waals surface area contributed by atoms with E-state index >= 15 is 0 Å². The van der Waals surface area contributed by atoms with Crippen LogP contribution in [0.3, 0.4) is 0 Å². The van der Waals surface area contributed by atoms with Crippen LogP contribution in [-0.2, 0) is 4.84 Å². The van der Waals surface area contributed by atoms with E-state index in [0.29, 0.717) is 29.2 Å². The molecule has 134 valence electrons. The summed E-state index contributed by atoms with van der Waals surface area (Å²) in [5.41, 5.74) is 0.618. The average molecular weight is 348 g/mol. The van der Waals surface area contributed by atoms with Crippen molar-refractivity contribution in [3.8, 4) is 0 Å². The molecule has 1 saturated heterocycles. The first-order valence-corrected chi connectivity index (χ1v) is 8.19. The number of fused-ring (bicyclic) bond motifs is 1. The maximum absolute atomic E-state index is 12.3. The van der Waals surface area contributed by atoms with Crippen LogP contribution >= 0.6 is 0 Å². The second-order valence-corrected chi connectivity index (χ2v) is 6.17. The third-order valence-corrected chi connectivity index (χ3v) is 4.46. The lowest BCUT2D eigenvalue weighted by Gasteiger charge is -2.27. The molecule has 2 amide bonds. The van der Waals surface area contributed by atoms with Crippen LogP contribution in [0.25, 0.3) is 0 Å². The van der Waals surface area contributed by atoms with Gasteiger partial charge in [-0.1, -0.05) is 12.1 Å². The molecule has 9 heteroatoms. The van der Waals surface area contributed by atoms with Crippen molar-refractivity contribution in [2.24, 2.45) is 11.2 Å². The molecule has 2 aliphatic rings. The molecule has 2 unspecified atom stereocenters. The van der Waals surface area contributed by atoms with Gasteiger partial charge >= 0.3 is 0 Å². The van der Waals surface area contributed by atoms with Crippen molar-refractivity contribution in [2.45, 2.75) is 26.0 Å². The summed E-state index contributed by atoms with van der Waals surface area (Å²) in [5.74, 6) is -0.924. The third kappa shape index (κ3) is 3.27. The van der Waals surface area contributed by atoms with Gasteiger partial charge in [0.25, 0.3) is 11.8 Å². The largest absolute Gasteiger partial charge is 0.569 e. The van der Waals surface area contributed by atoms with Crippen LogP contribution in [0.2, 0.25) is 0 Å². The molecular formula is C16H20N4O5. The molecule has 0 aromatic heterocycles. The normalized spacial score (nSPS) is 22.2. The van der Waals surface area contributed by atoms with Gasteiger partial charge in [-0.3, -0.25) is 9.59 Å². The van der Waals surface area contributed by atoms with Crippen molar-refractivity contribution < 1.29 is 24.5 Å². The van der Waals surface area contributed by atoms with Gasteiger partial charge < -0.3 is 15.2 Å². The predicted octanol–water partition coefficient (Wildman–Crippen LogP) is 1.14. The number of aliphatic hydroxyl groups excluding tert-OH is 1. The highest BCUT2D eigenvalue weighted by Crippen LogP contribution is 2.25. The molecule has 0 spiro atoms. The van der Waals surface area contributed by atoms with Crippen LogP contribution in [0.1, 0.15) is 40.5 Å². The fraction of sp³-hybridized carbons (Fsp3) is 0.500. The lowest BCUT2D eigenvalue weighted by molar-refractivity contribution is -0.715. The summed E-state index contributed by atoms with van der Waals surface area (Å²) in [6, 6.07) is 6.50. The molecule has 2 aliphatic heterocycles. The van der Waals surface area contributed by atoms with Gasteiger partial charge in [0.05, 0.1) is 29.2 Å². The number of benzene rings is 1. The van der Waals surface area contributed by atoms with Crippen molar-refractivity contribution in [2.75, 3.05) is 19.7 Å². The van der Waals surface area contributed by atoms with Crippen molar-refractivity contribution in [1.29, 1.82) is 0 Å². The number of hydrogen-bond donors (Lipinski definition) is 1. The van der Waals surface area contributed by atoms with Crippen LogP contribution in [0.15, 0.2) is 29.5 Å². The average Bonchev–Trinajstić information content (AvgIpc) is 2.90. The minimum absolute atomic E-state index is 0.0106. The molecular weight excluding hydrogens is 328 g/mol. The highest BCUT2D eigenvalue weighted by molar-refractivity contribution is 6.21. The van der Waals surface area contributed by atoms with E-state index in [1.54, 1.807) is 24.3 Å². The monoisotopic (exact) mass is 348 g/mol. The number of aliphatic hydroxyl groups is 1. The van der Waals surface area contributed by atoms with Crippen LogP contribution in [0.5, 0.6) is 0 Å². The van der Waals surface area contributed by atoms with Gasteiger partial charge in [-0.2, -0.15) is 0 Å². The van der Waals surface area contributed by atoms with Crippen LogP contribution in [0, 0.1) is 11.1 Å². The molecule has 2 heterocycles. The van der Waals surface area contributed by atoms with Crippen LogP contribution < -0.4 is 0 Å². The standard InChI is InChI=1S/C16H20N4O5/c1-11(19-15(22)13-6-2-3-7-14(13)16(19)23)25-17-20(24)18-8-4-5-12(9-18)10-21/h2-3,6-7,11-12,21H,4-5,8-10H2,1H3/b20-17-. The van der Waals surface area contributed by atoms with Crippen molar-refractivity contribution >= 4 is 11.8 Å². The summed E-state index contributed by atoms with van der Waals surface area (Å²) in [7, 11) is 0. The van der Waals surface area contributed by atoms with E-state index in [0.717, 1.165) is 17.7 Å². The van der Waals surface area contributed by atoms with Gasteiger partial charge in [0.2, 0.25) is 11.5 Å². The minimum atomic E-state index is -1.01. The first-order chi connectivity index (χ1) is 12.0. The van der Waals surface area contributed by atoms with Gasteiger partial charge in [0, 0.05) is 12.5 Å². The fourth-order valence-electron chi connectivity index (χ4n) is 3.09. The molecule has 1 N–H and O–H groups in total. The molecule has 0 radical (unpaired) electrons. The number of imide groups is 1. The van der Waals surface area contributed by atoms with Gasteiger partial charge in [0.15, 0.2) is 0 Å². The second kappa shape index (κ2) is 7.06. The number of amides is 2. The van der Waals surface area contributed by atoms with Crippen LogP contribution in [0.4, 0.5) is 0 Å². The van der Waals surface area contributed by atoms with Crippen molar-refractivity contribution in [1.82, 2.24) is 9.91 Å². The van der Waals surface area contributed by atoms with E-state index < -0.39 is 18.0 Å². The molecule has 1 aromatic carbocycles. The highest BCUT2D eigenvalue weighted by atomic mass is 16.7. The third-order valence-electron chi connectivity index (χ3n) is 4.46. The molecule has 9 nitrogen and oxygen atoms in total. The number of hydrogen-bond acceptors (Lipinski definition) is 6. The first-order valence-electron chi connectivity index (χ1n) is 8.19. The van der Waals surface area contributed by atoms with E-state index in [1.807, 2.05) is 0 Å². The van der Waals surface area contributed by atoms with Gasteiger partial charge in [-0.25, -0.2) is 4.90 Å². The summed E-state index contributed by atoms with van der Waals surface area (Å²) in [6.45, 7) is 2.38. The Hall–Kier alpha value is -2.68. The summed E-state index contributed by atoms with van der Waals surface area (Å²) < 4.78 is 0. The molecule has 3 rings (SSSR count). The number of carbonyl (C=O) groups is 2. The van der Waals surface area contributed by atoms with E-state index in [9.17, 15) is 19.9 Å². The van der Waals surface area contributed by atoms with Gasteiger partial charge in [0.1, 0.15) is 0 Å². The SMILES string of the molecule is CC(O/N=[N+](\[O-])N1CCCC(CO)C1)N1C(=O)c2ccccc2C1=O. The Bertz CT molecular complexity index is 673. The van der Waals surface area contributed by atoms with E-state index in [2.05, 4.69) is 5.28 Å². The Morgan fingerprint density at radius 2 is 2.00 bits per heavy atom. The Balaban J connectivity index is 1.66. The molecule has 0 aliphatic carbocycles. The topological polar surface area (TPSA) is 109 Å². The molecule has 2 atom stereocenters. The highest BCUT2D eigenvalue weighted by Gasteiger charge is 2.39. The number of nitrogens with zero attached hydrogens (tertiary/aromatic N) is 4. The summed E-state index contributed by atoms with van der Waals surface area (Å²) in [5, 5.41) is 26.1. The molecule has 1 aromatic rings. The summed E-state index contributed by atoms with van der Waals surface area (Å²) in [4.78, 5) is 31.0. The zero-order valence-corrected chi connectivity index (χ0v) is 13.9. The molecule has 0 bridgehead atoms. The van der Waals surface area contributed by atoms with Crippen molar-refractivity contribution in [3.05, 3.63) is 40.6 Å². The summed E-state index contributed by atoms with van der Waals surface area (Å²) in [6.07, 6.45) is 0.614. The molecule has 25 heavy (non-hydrogen) atoms. The van der Waals surface area contributed by atoms with E-state index in [4.69, 9.17) is 4.84 Å². The Morgan fingerprint density at radius 3 is 2.60 bits per heavy atom. The maximum atomic E-state index is 12.3. The quantitative estimate of drug-likeness (QED) is 0.370. The zero-order chi connectivity index (χ0) is 18.0. The molecule has 0 saturated carbocycles. The number of hydrazine groups is 1. The Kier molecular flexibility index (Phi) is 4.84. The van der Waals surface area contributed by atoms with Crippen molar-refractivity contribution in [3.63, 3.8) is 0 Å². The smallest absolute Gasteiger partial charge is 0.264 e. The number of carbonyl (C=O) groups excluding carboxylic acids is 2. The first kappa shape index (κ1) is 17.2. The lowest BCUT2D eigenvalue weighted by Crippen LogP contribution is -2.42. The fourth-order valence-corrected chi connectivity index (χ4v) is 3.09. The van der Waals surface area contributed by atoms with E-state index in [1.165, 1.54) is 11.9 Å². The second-order valence-electron chi connectivity index (χ2n) is 6.17. The molecule has 1 fully saturated rings. The Labute approximate surface area is 144 Å². The lowest BCUT2D eigenvalue weighted by atomic mass is 10.0. The number of rotatable bonds is 5.